The summed E-state index contributed by atoms with van der Waals surface area (Å²) in [5.74, 6) is 6.63. The van der Waals surface area contributed by atoms with E-state index in [1.807, 2.05) is 4.57 Å². The van der Waals surface area contributed by atoms with Gasteiger partial charge in [0.1, 0.15) is 0 Å². The van der Waals surface area contributed by atoms with Crippen molar-refractivity contribution in [2.75, 3.05) is 18.0 Å². The fraction of sp³-hybridized carbons (Fsp3) is 0.533. The first-order valence-electron chi connectivity index (χ1n) is 7.44. The van der Waals surface area contributed by atoms with E-state index >= 15 is 0 Å². The molecule has 2 aromatic heterocycles. The molecule has 1 aliphatic heterocycles. The van der Waals surface area contributed by atoms with E-state index in [0.29, 0.717) is 17.7 Å². The molecule has 0 spiro atoms. The summed E-state index contributed by atoms with van der Waals surface area (Å²) in [6, 6.07) is 0.134. The highest BCUT2D eigenvalue weighted by atomic mass is 16.1. The van der Waals surface area contributed by atoms with Crippen LogP contribution in [0.15, 0.2) is 11.1 Å². The molecule has 2 N–H and O–H groups in total. The summed E-state index contributed by atoms with van der Waals surface area (Å²) in [5, 5.41) is 0. The minimum atomic E-state index is -0.108. The Morgan fingerprint density at radius 2 is 2.32 bits per heavy atom. The standard InChI is InChI=1S/C15H20N6O/c1-3-4-8-21-12-13(17-10-19(2)14(12)22)18-15(21)20-7-5-6-11(16)9-20/h10-11H,5-9,16H2,1-2H3. The van der Waals surface area contributed by atoms with Gasteiger partial charge in [0.05, 0.1) is 12.9 Å². The molecule has 116 valence electrons. The third-order valence-corrected chi connectivity index (χ3v) is 3.96. The number of anilines is 1. The lowest BCUT2D eigenvalue weighted by Crippen LogP contribution is -2.44. The lowest BCUT2D eigenvalue weighted by Gasteiger charge is -2.31. The molecule has 1 saturated heterocycles. The molecule has 3 rings (SSSR count). The van der Waals surface area contributed by atoms with E-state index < -0.39 is 0 Å². The van der Waals surface area contributed by atoms with Crippen molar-refractivity contribution in [3.05, 3.63) is 16.7 Å². The van der Waals surface area contributed by atoms with Crippen LogP contribution in [0.5, 0.6) is 0 Å². The first kappa shape index (κ1) is 14.6. The van der Waals surface area contributed by atoms with Gasteiger partial charge in [-0.05, 0) is 19.8 Å². The van der Waals surface area contributed by atoms with E-state index in [1.165, 1.54) is 10.9 Å². The summed E-state index contributed by atoms with van der Waals surface area (Å²) in [6.07, 6.45) is 3.54. The quantitative estimate of drug-likeness (QED) is 0.794. The maximum Gasteiger partial charge on any atom is 0.279 e. The van der Waals surface area contributed by atoms with E-state index in [1.54, 1.807) is 14.0 Å². The molecule has 22 heavy (non-hydrogen) atoms. The lowest BCUT2D eigenvalue weighted by molar-refractivity contribution is 0.496. The van der Waals surface area contributed by atoms with Crippen molar-refractivity contribution >= 4 is 17.1 Å². The number of rotatable bonds is 2. The molecular weight excluding hydrogens is 280 g/mol. The van der Waals surface area contributed by atoms with Gasteiger partial charge in [0.15, 0.2) is 11.2 Å². The lowest BCUT2D eigenvalue weighted by atomic mass is 10.1. The van der Waals surface area contributed by atoms with Crippen LogP contribution in [0.4, 0.5) is 5.95 Å². The van der Waals surface area contributed by atoms with Gasteiger partial charge in [-0.15, -0.1) is 5.92 Å². The fourth-order valence-electron chi connectivity index (χ4n) is 2.83. The van der Waals surface area contributed by atoms with Crippen molar-refractivity contribution in [2.45, 2.75) is 32.4 Å². The Labute approximate surface area is 128 Å². The predicted octanol–water partition coefficient (Wildman–Crippen LogP) is 0.0808. The monoisotopic (exact) mass is 300 g/mol. The largest absolute Gasteiger partial charge is 0.341 e. The van der Waals surface area contributed by atoms with Crippen LogP contribution in [0, 0.1) is 11.8 Å². The second kappa shape index (κ2) is 5.81. The number of fused-ring (bicyclic) bond motifs is 1. The smallest absolute Gasteiger partial charge is 0.279 e. The number of hydrogen-bond donors (Lipinski definition) is 1. The van der Waals surface area contributed by atoms with E-state index in [-0.39, 0.29) is 11.6 Å². The van der Waals surface area contributed by atoms with E-state index in [0.717, 1.165) is 31.9 Å². The van der Waals surface area contributed by atoms with Crippen LogP contribution in [0.25, 0.3) is 11.2 Å². The van der Waals surface area contributed by atoms with Crippen molar-refractivity contribution in [2.24, 2.45) is 12.8 Å². The third-order valence-electron chi connectivity index (χ3n) is 3.96. The topological polar surface area (TPSA) is 82.0 Å². The van der Waals surface area contributed by atoms with Crippen LogP contribution < -0.4 is 16.2 Å². The molecule has 0 saturated carbocycles. The van der Waals surface area contributed by atoms with Gasteiger partial charge in [0.25, 0.3) is 5.56 Å². The predicted molar refractivity (Wildman–Crippen MR) is 85.6 cm³/mol. The second-order valence-electron chi connectivity index (χ2n) is 5.61. The Hall–Kier alpha value is -2.33. The Morgan fingerprint density at radius 3 is 3.05 bits per heavy atom. The van der Waals surface area contributed by atoms with Gasteiger partial charge in [-0.2, -0.15) is 4.98 Å². The molecule has 3 heterocycles. The van der Waals surface area contributed by atoms with Crippen LogP contribution in [0.2, 0.25) is 0 Å². The van der Waals surface area contributed by atoms with Gasteiger partial charge in [-0.25, -0.2) is 4.98 Å². The number of aryl methyl sites for hydroxylation is 1. The van der Waals surface area contributed by atoms with Crippen LogP contribution >= 0.6 is 0 Å². The molecule has 0 aliphatic carbocycles. The summed E-state index contributed by atoms with van der Waals surface area (Å²) in [6.45, 7) is 3.83. The van der Waals surface area contributed by atoms with Gasteiger partial charge in [-0.1, -0.05) is 5.92 Å². The highest BCUT2D eigenvalue weighted by molar-refractivity contribution is 5.74. The maximum absolute atomic E-state index is 12.4. The first-order chi connectivity index (χ1) is 10.6. The van der Waals surface area contributed by atoms with Crippen molar-refractivity contribution in [3.8, 4) is 11.8 Å². The summed E-state index contributed by atoms with van der Waals surface area (Å²) >= 11 is 0. The minimum absolute atomic E-state index is 0.108. The maximum atomic E-state index is 12.4. The Kier molecular flexibility index (Phi) is 3.86. The molecule has 0 bridgehead atoms. The SMILES string of the molecule is CC#CCn1c(N2CCCC(N)C2)nc2ncn(C)c(=O)c21. The zero-order valence-electron chi connectivity index (χ0n) is 12.9. The molecule has 0 amide bonds. The fourth-order valence-corrected chi connectivity index (χ4v) is 2.83. The third kappa shape index (κ3) is 2.46. The number of piperidine rings is 1. The number of nitrogens with two attached hydrogens (primary N) is 1. The van der Waals surface area contributed by atoms with Crippen molar-refractivity contribution in [1.82, 2.24) is 19.1 Å². The van der Waals surface area contributed by atoms with Gasteiger partial charge >= 0.3 is 0 Å². The number of hydrogen-bond acceptors (Lipinski definition) is 5. The van der Waals surface area contributed by atoms with Gasteiger partial charge < -0.3 is 15.2 Å². The first-order valence-corrected chi connectivity index (χ1v) is 7.44. The van der Waals surface area contributed by atoms with Crippen LogP contribution in [0.1, 0.15) is 19.8 Å². The van der Waals surface area contributed by atoms with Gasteiger partial charge in [-0.3, -0.25) is 9.36 Å². The summed E-state index contributed by atoms with van der Waals surface area (Å²) in [4.78, 5) is 23.4. The zero-order valence-corrected chi connectivity index (χ0v) is 12.9. The average Bonchev–Trinajstić information content (AvgIpc) is 2.88. The minimum Gasteiger partial charge on any atom is -0.341 e. The molecule has 7 nitrogen and oxygen atoms in total. The van der Waals surface area contributed by atoms with E-state index in [4.69, 9.17) is 5.73 Å². The van der Waals surface area contributed by atoms with E-state index in [2.05, 4.69) is 26.7 Å². The van der Waals surface area contributed by atoms with E-state index in [9.17, 15) is 4.79 Å². The molecule has 0 aromatic carbocycles. The molecule has 1 atom stereocenters. The highest BCUT2D eigenvalue weighted by Crippen LogP contribution is 2.22. The number of imidazole rings is 1. The van der Waals surface area contributed by atoms with Crippen LogP contribution in [-0.4, -0.2) is 38.2 Å². The second-order valence-corrected chi connectivity index (χ2v) is 5.61. The van der Waals surface area contributed by atoms with Crippen LogP contribution in [0.3, 0.4) is 0 Å². The Balaban J connectivity index is 2.17. The van der Waals surface area contributed by atoms with Crippen molar-refractivity contribution < 1.29 is 0 Å². The normalized spacial score (nSPS) is 18.3. The molecular formula is C15H20N6O. The molecule has 1 fully saturated rings. The summed E-state index contributed by atoms with van der Waals surface area (Å²) in [7, 11) is 1.69. The summed E-state index contributed by atoms with van der Waals surface area (Å²) in [5.41, 5.74) is 6.93. The molecule has 1 unspecified atom stereocenters. The zero-order chi connectivity index (χ0) is 15.7. The number of nitrogens with zero attached hydrogens (tertiary/aromatic N) is 5. The molecule has 1 aliphatic rings. The highest BCUT2D eigenvalue weighted by Gasteiger charge is 2.24. The van der Waals surface area contributed by atoms with Crippen LogP contribution in [-0.2, 0) is 13.6 Å². The molecule has 2 aromatic rings. The van der Waals surface area contributed by atoms with Gasteiger partial charge in [0, 0.05) is 26.2 Å². The van der Waals surface area contributed by atoms with Crippen molar-refractivity contribution in [1.29, 1.82) is 0 Å². The molecule has 0 radical (unpaired) electrons. The van der Waals surface area contributed by atoms with Crippen molar-refractivity contribution in [3.63, 3.8) is 0 Å². The average molecular weight is 300 g/mol. The summed E-state index contributed by atoms with van der Waals surface area (Å²) < 4.78 is 3.32. The Bertz CT molecular complexity index is 809. The Morgan fingerprint density at radius 1 is 1.50 bits per heavy atom. The molecule has 7 heteroatoms. The van der Waals surface area contributed by atoms with Gasteiger partial charge in [0.2, 0.25) is 5.95 Å². The number of aromatic nitrogens is 4.